The van der Waals surface area contributed by atoms with Crippen LogP contribution in [0.1, 0.15) is 35.0 Å². The Balaban J connectivity index is 1.71. The predicted molar refractivity (Wildman–Crippen MR) is 111 cm³/mol. The molecule has 3 rings (SSSR count). The molecule has 28 heavy (non-hydrogen) atoms. The molecule has 1 aliphatic heterocycles. The minimum atomic E-state index is -2.98. The van der Waals surface area contributed by atoms with Crippen molar-refractivity contribution < 1.29 is 13.2 Å². The number of likely N-dealkylation sites (N-methyl/N-ethyl adjacent to an activating group) is 1. The lowest BCUT2D eigenvalue weighted by Crippen LogP contribution is -2.24. The Kier molecular flexibility index (Phi) is 5.95. The Hall–Kier alpha value is -2.12. The van der Waals surface area contributed by atoms with E-state index < -0.39 is 9.84 Å². The van der Waals surface area contributed by atoms with Gasteiger partial charge in [-0.25, -0.2) is 8.42 Å². The van der Waals surface area contributed by atoms with E-state index in [1.165, 1.54) is 6.08 Å². The van der Waals surface area contributed by atoms with Crippen molar-refractivity contribution in [2.75, 3.05) is 18.6 Å². The smallest absolute Gasteiger partial charge is 0.246 e. The number of nitrogens with zero attached hydrogens (tertiary/aromatic N) is 3. The third-order valence-electron chi connectivity index (χ3n) is 5.07. The summed E-state index contributed by atoms with van der Waals surface area (Å²) >= 11 is 5.96. The van der Waals surface area contributed by atoms with Gasteiger partial charge in [0, 0.05) is 35.9 Å². The van der Waals surface area contributed by atoms with Gasteiger partial charge in [0.15, 0.2) is 9.84 Å². The molecule has 1 atom stereocenters. The Morgan fingerprint density at radius 3 is 2.79 bits per heavy atom. The highest BCUT2D eigenvalue weighted by atomic mass is 35.5. The van der Waals surface area contributed by atoms with Crippen LogP contribution in [0.2, 0.25) is 5.02 Å². The third kappa shape index (κ3) is 4.64. The van der Waals surface area contributed by atoms with Crippen LogP contribution in [0.15, 0.2) is 30.3 Å². The number of rotatable bonds is 5. The molecule has 0 N–H and O–H groups in total. The van der Waals surface area contributed by atoms with E-state index in [0.29, 0.717) is 18.0 Å². The highest BCUT2D eigenvalue weighted by Crippen LogP contribution is 2.27. The monoisotopic (exact) mass is 421 g/mol. The van der Waals surface area contributed by atoms with Crippen molar-refractivity contribution in [3.05, 3.63) is 57.9 Å². The lowest BCUT2D eigenvalue weighted by Gasteiger charge is -2.16. The number of carbonyl (C=O) groups is 1. The van der Waals surface area contributed by atoms with Crippen LogP contribution in [0.4, 0.5) is 0 Å². The highest BCUT2D eigenvalue weighted by molar-refractivity contribution is 7.91. The molecule has 2 aromatic rings. The summed E-state index contributed by atoms with van der Waals surface area (Å²) in [7, 11) is -1.24. The molecule has 1 aromatic carbocycles. The molecule has 6 nitrogen and oxygen atoms in total. The predicted octanol–water partition coefficient (Wildman–Crippen LogP) is 3.18. The minimum Gasteiger partial charge on any atom is -0.338 e. The molecule has 1 saturated heterocycles. The van der Waals surface area contributed by atoms with Crippen LogP contribution in [0.3, 0.4) is 0 Å². The van der Waals surface area contributed by atoms with E-state index in [1.54, 1.807) is 30.2 Å². The molecule has 1 aliphatic rings. The Bertz CT molecular complexity index is 1030. The number of aryl methyl sites for hydroxylation is 1. The van der Waals surface area contributed by atoms with Gasteiger partial charge < -0.3 is 4.90 Å². The second kappa shape index (κ2) is 8.09. The Labute approximate surface area is 170 Å². The molecular formula is C20H24ClN3O3S. The van der Waals surface area contributed by atoms with Crippen LogP contribution >= 0.6 is 11.6 Å². The molecule has 2 heterocycles. The van der Waals surface area contributed by atoms with Crippen molar-refractivity contribution in [2.24, 2.45) is 0 Å². The van der Waals surface area contributed by atoms with Crippen LogP contribution in [-0.4, -0.2) is 47.6 Å². The van der Waals surface area contributed by atoms with E-state index in [4.69, 9.17) is 11.6 Å². The normalized spacial score (nSPS) is 18.6. The molecular weight excluding hydrogens is 398 g/mol. The average Bonchev–Trinajstić information content (AvgIpc) is 3.13. The summed E-state index contributed by atoms with van der Waals surface area (Å²) in [4.78, 5) is 14.1. The maximum absolute atomic E-state index is 12.5. The fraction of sp³-hybridized carbons (Fsp3) is 0.400. The van der Waals surface area contributed by atoms with Crippen LogP contribution in [-0.2, 0) is 21.2 Å². The summed E-state index contributed by atoms with van der Waals surface area (Å²) in [6.45, 7) is 4.23. The molecule has 0 aliphatic carbocycles. The van der Waals surface area contributed by atoms with Gasteiger partial charge in [-0.15, -0.1) is 0 Å². The van der Waals surface area contributed by atoms with Gasteiger partial charge in [0.2, 0.25) is 5.91 Å². The summed E-state index contributed by atoms with van der Waals surface area (Å²) in [5.74, 6) is 0.207. The number of carbonyl (C=O) groups excluding carboxylic acids is 1. The summed E-state index contributed by atoms with van der Waals surface area (Å²) < 4.78 is 25.4. The summed E-state index contributed by atoms with van der Waals surface area (Å²) in [5, 5.41) is 5.18. The molecule has 150 valence electrons. The number of aromatic nitrogens is 2. The van der Waals surface area contributed by atoms with Gasteiger partial charge in [-0.2, -0.15) is 5.10 Å². The number of hydrogen-bond donors (Lipinski definition) is 0. The van der Waals surface area contributed by atoms with Gasteiger partial charge in [0.25, 0.3) is 0 Å². The molecule has 1 amide bonds. The van der Waals surface area contributed by atoms with E-state index in [1.807, 2.05) is 30.7 Å². The van der Waals surface area contributed by atoms with E-state index >= 15 is 0 Å². The second-order valence-electron chi connectivity index (χ2n) is 7.23. The zero-order chi connectivity index (χ0) is 20.5. The molecule has 0 saturated carbocycles. The molecule has 0 radical (unpaired) electrons. The number of sulfone groups is 1. The van der Waals surface area contributed by atoms with E-state index in [0.717, 1.165) is 22.5 Å². The number of hydrogen-bond acceptors (Lipinski definition) is 4. The molecule has 0 spiro atoms. The summed E-state index contributed by atoms with van der Waals surface area (Å²) in [6.07, 6.45) is 3.84. The fourth-order valence-corrected chi connectivity index (χ4v) is 5.36. The first-order chi connectivity index (χ1) is 13.2. The topological polar surface area (TPSA) is 72.3 Å². The molecule has 1 fully saturated rings. The molecule has 8 heteroatoms. The van der Waals surface area contributed by atoms with Gasteiger partial charge in [-0.1, -0.05) is 23.7 Å². The van der Waals surface area contributed by atoms with Crippen molar-refractivity contribution >= 4 is 33.4 Å². The van der Waals surface area contributed by atoms with Crippen molar-refractivity contribution in [3.8, 4) is 0 Å². The van der Waals surface area contributed by atoms with Gasteiger partial charge in [-0.3, -0.25) is 9.48 Å². The highest BCUT2D eigenvalue weighted by Gasteiger charge is 2.31. The molecule has 0 bridgehead atoms. The van der Waals surface area contributed by atoms with Gasteiger partial charge >= 0.3 is 0 Å². The van der Waals surface area contributed by atoms with E-state index in [9.17, 15) is 13.2 Å². The third-order valence-corrected chi connectivity index (χ3v) is 7.05. The van der Waals surface area contributed by atoms with Gasteiger partial charge in [-0.05, 0) is 44.0 Å². The van der Waals surface area contributed by atoms with Gasteiger partial charge in [0.05, 0.1) is 23.2 Å². The first-order valence-electron chi connectivity index (χ1n) is 9.10. The second-order valence-corrected chi connectivity index (χ2v) is 9.90. The number of halogens is 1. The van der Waals surface area contributed by atoms with Gasteiger partial charge in [0.1, 0.15) is 0 Å². The van der Waals surface area contributed by atoms with Crippen LogP contribution in [0, 0.1) is 13.8 Å². The Morgan fingerprint density at radius 1 is 1.39 bits per heavy atom. The zero-order valence-electron chi connectivity index (χ0n) is 16.2. The maximum atomic E-state index is 12.5. The standard InChI is InChI=1S/C20H24ClN3O3S/c1-14-19(15(2)24(22-14)18-9-10-28(26,27)13-18)12-23(3)20(25)8-7-16-5-4-6-17(21)11-16/h4-8,11,18H,9-10,12-13H2,1-3H3/b8-7+/t18-/m0/s1. The van der Waals surface area contributed by atoms with Crippen molar-refractivity contribution in [3.63, 3.8) is 0 Å². The lowest BCUT2D eigenvalue weighted by atomic mass is 10.1. The van der Waals surface area contributed by atoms with Crippen molar-refractivity contribution in [2.45, 2.75) is 32.9 Å². The zero-order valence-corrected chi connectivity index (χ0v) is 17.8. The summed E-state index contributed by atoms with van der Waals surface area (Å²) in [6, 6.07) is 7.16. The first-order valence-corrected chi connectivity index (χ1v) is 11.3. The van der Waals surface area contributed by atoms with E-state index in [2.05, 4.69) is 5.10 Å². The van der Waals surface area contributed by atoms with Crippen molar-refractivity contribution in [1.82, 2.24) is 14.7 Å². The lowest BCUT2D eigenvalue weighted by molar-refractivity contribution is -0.125. The van der Waals surface area contributed by atoms with Crippen LogP contribution < -0.4 is 0 Å². The largest absolute Gasteiger partial charge is 0.338 e. The van der Waals surface area contributed by atoms with Crippen molar-refractivity contribution in [1.29, 1.82) is 0 Å². The average molecular weight is 422 g/mol. The number of benzene rings is 1. The SMILES string of the molecule is Cc1nn([C@H]2CCS(=O)(=O)C2)c(C)c1CN(C)C(=O)/C=C/c1cccc(Cl)c1. The fourth-order valence-electron chi connectivity index (χ4n) is 3.47. The molecule has 0 unspecified atom stereocenters. The molecule has 1 aromatic heterocycles. The van der Waals surface area contributed by atoms with Crippen LogP contribution in [0.25, 0.3) is 6.08 Å². The Morgan fingerprint density at radius 2 is 2.14 bits per heavy atom. The first kappa shape index (κ1) is 20.6. The number of amides is 1. The quantitative estimate of drug-likeness (QED) is 0.695. The van der Waals surface area contributed by atoms with Crippen LogP contribution in [0.5, 0.6) is 0 Å². The van der Waals surface area contributed by atoms with E-state index in [-0.39, 0.29) is 23.5 Å². The summed E-state index contributed by atoms with van der Waals surface area (Å²) in [5.41, 5.74) is 3.55. The minimum absolute atomic E-state index is 0.124. The maximum Gasteiger partial charge on any atom is 0.246 e.